The fraction of sp³-hybridized carbons (Fsp3) is 0.231. The van der Waals surface area contributed by atoms with Crippen molar-refractivity contribution in [3.63, 3.8) is 0 Å². The Morgan fingerprint density at radius 2 is 2.11 bits per heavy atom. The molecule has 0 fully saturated rings. The normalized spacial score (nSPS) is 12.3. The predicted octanol–water partition coefficient (Wildman–Crippen LogP) is 1.95. The summed E-state index contributed by atoms with van der Waals surface area (Å²) in [6, 6.07) is 8.72. The third-order valence-corrected chi connectivity index (χ3v) is 3.50. The number of aromatic nitrogens is 2. The maximum absolute atomic E-state index is 11.3. The molecule has 0 saturated carbocycles. The van der Waals surface area contributed by atoms with Crippen molar-refractivity contribution in [3.05, 3.63) is 46.2 Å². The van der Waals surface area contributed by atoms with Crippen molar-refractivity contribution in [2.75, 3.05) is 5.73 Å². The van der Waals surface area contributed by atoms with Crippen molar-refractivity contribution in [1.29, 1.82) is 0 Å². The van der Waals surface area contributed by atoms with Gasteiger partial charge >= 0.3 is 0 Å². The Balaban J connectivity index is 2.17. The number of nitrogens with one attached hydrogen (secondary N) is 1. The van der Waals surface area contributed by atoms with Gasteiger partial charge in [-0.05, 0) is 24.1 Å². The first-order valence-corrected chi connectivity index (χ1v) is 6.73. The number of hydrogen-bond acceptors (Lipinski definition) is 5. The van der Waals surface area contributed by atoms with Gasteiger partial charge in [-0.3, -0.25) is 4.79 Å². The second-order valence-electron chi connectivity index (χ2n) is 4.07. The smallest absolute Gasteiger partial charge is 0.253 e. The maximum Gasteiger partial charge on any atom is 0.253 e. The summed E-state index contributed by atoms with van der Waals surface area (Å²) in [6.07, 6.45) is 0.237. The number of aliphatic hydroxyl groups excluding tert-OH is 1. The lowest BCUT2D eigenvalue weighted by molar-refractivity contribution is 0.173. The third-order valence-electron chi connectivity index (χ3n) is 2.61. The fourth-order valence-corrected chi connectivity index (χ4v) is 2.41. The number of aromatic amines is 1. The molecule has 0 amide bonds. The van der Waals surface area contributed by atoms with Crippen LogP contribution in [-0.2, 0) is 0 Å². The Bertz CT molecular complexity index is 610. The summed E-state index contributed by atoms with van der Waals surface area (Å²) in [5, 5.41) is 10.2. The molecule has 0 saturated heterocycles. The molecule has 1 heterocycles. The molecule has 0 bridgehead atoms. The monoisotopic (exact) mass is 277 g/mol. The van der Waals surface area contributed by atoms with Crippen LogP contribution in [0.25, 0.3) is 0 Å². The van der Waals surface area contributed by atoms with Gasteiger partial charge < -0.3 is 15.8 Å². The number of benzene rings is 1. The molecule has 0 aliphatic carbocycles. The lowest BCUT2D eigenvalue weighted by Crippen LogP contribution is -2.09. The number of rotatable bonds is 4. The van der Waals surface area contributed by atoms with Gasteiger partial charge in [-0.2, -0.15) is 0 Å². The van der Waals surface area contributed by atoms with E-state index in [1.54, 1.807) is 0 Å². The van der Waals surface area contributed by atoms with Crippen molar-refractivity contribution >= 4 is 17.6 Å². The van der Waals surface area contributed by atoms with E-state index in [4.69, 9.17) is 5.73 Å². The fourth-order valence-electron chi connectivity index (χ4n) is 1.61. The summed E-state index contributed by atoms with van der Waals surface area (Å²) in [5.74, 6) is 0.198. The molecule has 0 radical (unpaired) electrons. The molecular weight excluding hydrogens is 262 g/mol. The first kappa shape index (κ1) is 13.6. The molecular formula is C13H15N3O2S. The zero-order valence-corrected chi connectivity index (χ0v) is 11.3. The van der Waals surface area contributed by atoms with Crippen LogP contribution in [0, 0.1) is 0 Å². The topological polar surface area (TPSA) is 92.0 Å². The molecule has 1 aromatic carbocycles. The zero-order chi connectivity index (χ0) is 13.8. The Labute approximate surface area is 114 Å². The van der Waals surface area contributed by atoms with E-state index in [-0.39, 0.29) is 11.4 Å². The minimum atomic E-state index is -0.440. The number of nitrogens with two attached hydrogens (primary N) is 1. The Kier molecular flexibility index (Phi) is 4.24. The molecule has 4 N–H and O–H groups in total. The molecule has 0 spiro atoms. The van der Waals surface area contributed by atoms with Gasteiger partial charge in [0.25, 0.3) is 5.56 Å². The molecule has 6 heteroatoms. The van der Waals surface area contributed by atoms with Crippen LogP contribution < -0.4 is 11.3 Å². The van der Waals surface area contributed by atoms with Gasteiger partial charge in [-0.25, -0.2) is 4.98 Å². The molecule has 2 aromatic rings. The second kappa shape index (κ2) is 5.90. The standard InChI is InChI=1S/C13H15N3O2S/c1-2-10(17)8-3-5-9(6-4-8)19-13-15-11(14)7-12(18)16-13/h3-7,10,17H,2H2,1H3,(H3,14,15,16,18). The van der Waals surface area contributed by atoms with Gasteiger partial charge in [0.05, 0.1) is 6.10 Å². The minimum absolute atomic E-state index is 0.198. The van der Waals surface area contributed by atoms with E-state index in [0.29, 0.717) is 11.6 Å². The van der Waals surface area contributed by atoms with Crippen LogP contribution in [0.5, 0.6) is 0 Å². The first-order chi connectivity index (χ1) is 9.08. The Morgan fingerprint density at radius 1 is 1.42 bits per heavy atom. The third kappa shape index (κ3) is 3.59. The van der Waals surface area contributed by atoms with E-state index in [0.717, 1.165) is 10.5 Å². The Hall–Kier alpha value is -1.79. The van der Waals surface area contributed by atoms with E-state index in [9.17, 15) is 9.90 Å². The lowest BCUT2D eigenvalue weighted by atomic mass is 10.1. The van der Waals surface area contributed by atoms with E-state index < -0.39 is 6.10 Å². The average Bonchev–Trinajstić information content (AvgIpc) is 2.37. The van der Waals surface area contributed by atoms with Crippen molar-refractivity contribution in [3.8, 4) is 0 Å². The predicted molar refractivity (Wildman–Crippen MR) is 75.1 cm³/mol. The number of aliphatic hydroxyl groups is 1. The van der Waals surface area contributed by atoms with E-state index in [1.807, 2.05) is 31.2 Å². The zero-order valence-electron chi connectivity index (χ0n) is 10.5. The van der Waals surface area contributed by atoms with Crippen molar-refractivity contribution < 1.29 is 5.11 Å². The van der Waals surface area contributed by atoms with Crippen LogP contribution in [0.3, 0.4) is 0 Å². The van der Waals surface area contributed by atoms with Gasteiger partial charge in [0.1, 0.15) is 5.82 Å². The summed E-state index contributed by atoms with van der Waals surface area (Å²) in [4.78, 5) is 18.8. The Morgan fingerprint density at radius 3 is 2.68 bits per heavy atom. The van der Waals surface area contributed by atoms with Crippen LogP contribution in [0.15, 0.2) is 45.2 Å². The molecule has 19 heavy (non-hydrogen) atoms. The van der Waals surface area contributed by atoms with Crippen LogP contribution in [0.1, 0.15) is 25.0 Å². The number of nitrogens with zero attached hydrogens (tertiary/aromatic N) is 1. The van der Waals surface area contributed by atoms with Gasteiger partial charge in [0, 0.05) is 11.0 Å². The van der Waals surface area contributed by atoms with Crippen LogP contribution in [0.2, 0.25) is 0 Å². The van der Waals surface area contributed by atoms with E-state index in [2.05, 4.69) is 9.97 Å². The highest BCUT2D eigenvalue weighted by molar-refractivity contribution is 7.99. The molecule has 2 rings (SSSR count). The summed E-state index contributed by atoms with van der Waals surface area (Å²) in [5.41, 5.74) is 6.12. The number of H-pyrrole nitrogens is 1. The number of hydrogen-bond donors (Lipinski definition) is 3. The molecule has 0 aliphatic heterocycles. The summed E-state index contributed by atoms with van der Waals surface area (Å²) in [7, 11) is 0. The second-order valence-corrected chi connectivity index (χ2v) is 5.13. The SMILES string of the molecule is CCC(O)c1ccc(Sc2nc(N)cc(=O)[nH]2)cc1. The van der Waals surface area contributed by atoms with Crippen molar-refractivity contribution in [1.82, 2.24) is 9.97 Å². The quantitative estimate of drug-likeness (QED) is 0.743. The van der Waals surface area contributed by atoms with Gasteiger partial charge in [-0.1, -0.05) is 30.8 Å². The highest BCUT2D eigenvalue weighted by Crippen LogP contribution is 2.26. The van der Waals surface area contributed by atoms with Crippen molar-refractivity contribution in [2.24, 2.45) is 0 Å². The maximum atomic E-state index is 11.3. The summed E-state index contributed by atoms with van der Waals surface area (Å²) >= 11 is 1.32. The highest BCUT2D eigenvalue weighted by atomic mass is 32.2. The van der Waals surface area contributed by atoms with Crippen LogP contribution in [0.4, 0.5) is 5.82 Å². The number of nitrogen functional groups attached to an aromatic ring is 1. The average molecular weight is 277 g/mol. The summed E-state index contributed by atoms with van der Waals surface area (Å²) < 4.78 is 0. The van der Waals surface area contributed by atoms with Gasteiger partial charge in [-0.15, -0.1) is 0 Å². The van der Waals surface area contributed by atoms with Crippen LogP contribution in [-0.4, -0.2) is 15.1 Å². The van der Waals surface area contributed by atoms with Gasteiger partial charge in [0.2, 0.25) is 0 Å². The minimum Gasteiger partial charge on any atom is -0.388 e. The highest BCUT2D eigenvalue weighted by Gasteiger charge is 2.06. The summed E-state index contributed by atoms with van der Waals surface area (Å²) in [6.45, 7) is 1.93. The lowest BCUT2D eigenvalue weighted by Gasteiger charge is -2.08. The molecule has 1 atom stereocenters. The van der Waals surface area contributed by atoms with E-state index >= 15 is 0 Å². The molecule has 100 valence electrons. The van der Waals surface area contributed by atoms with Crippen molar-refractivity contribution in [2.45, 2.75) is 29.5 Å². The van der Waals surface area contributed by atoms with Gasteiger partial charge in [0.15, 0.2) is 5.16 Å². The molecule has 5 nitrogen and oxygen atoms in total. The number of anilines is 1. The molecule has 1 unspecified atom stereocenters. The van der Waals surface area contributed by atoms with E-state index in [1.165, 1.54) is 17.8 Å². The molecule has 1 aromatic heterocycles. The largest absolute Gasteiger partial charge is 0.388 e. The first-order valence-electron chi connectivity index (χ1n) is 5.91. The van der Waals surface area contributed by atoms with Crippen LogP contribution >= 0.6 is 11.8 Å². The molecule has 0 aliphatic rings.